The van der Waals surface area contributed by atoms with Gasteiger partial charge in [0.1, 0.15) is 0 Å². The zero-order valence-electron chi connectivity index (χ0n) is 10.7. The van der Waals surface area contributed by atoms with Gasteiger partial charge in [-0.15, -0.1) is 0 Å². The predicted molar refractivity (Wildman–Crippen MR) is 74.9 cm³/mol. The Morgan fingerprint density at radius 1 is 0.889 bits per heavy atom. The molecule has 0 saturated carbocycles. The first-order valence-corrected chi connectivity index (χ1v) is 6.07. The van der Waals surface area contributed by atoms with Crippen LogP contribution < -0.4 is 4.90 Å². The third-order valence-electron chi connectivity index (χ3n) is 2.83. The molecule has 0 amide bonds. The van der Waals surface area contributed by atoms with Gasteiger partial charge in [0, 0.05) is 17.4 Å². The number of para-hydroxylation sites is 1. The number of benzene rings is 2. The van der Waals surface area contributed by atoms with Crippen LogP contribution in [-0.4, -0.2) is 6.04 Å². The molecule has 90 valence electrons. The number of anilines is 2. The Balaban J connectivity index is 2.39. The van der Waals surface area contributed by atoms with Crippen LogP contribution in [0.2, 0.25) is 0 Å². The molecule has 18 heavy (non-hydrogen) atoms. The molecule has 0 fully saturated rings. The van der Waals surface area contributed by atoms with Crippen LogP contribution in [0.25, 0.3) is 0 Å². The number of nitrogens with zero attached hydrogens (tertiary/aromatic N) is 2. The van der Waals surface area contributed by atoms with E-state index in [4.69, 9.17) is 5.26 Å². The molecule has 2 aromatic rings. The number of nitriles is 1. The van der Waals surface area contributed by atoms with Crippen molar-refractivity contribution in [3.63, 3.8) is 0 Å². The Morgan fingerprint density at radius 3 is 1.94 bits per heavy atom. The van der Waals surface area contributed by atoms with Crippen molar-refractivity contribution in [2.24, 2.45) is 0 Å². The minimum absolute atomic E-state index is 0.361. The molecule has 0 aliphatic rings. The van der Waals surface area contributed by atoms with Crippen molar-refractivity contribution in [3.05, 3.63) is 60.2 Å². The molecule has 0 radical (unpaired) electrons. The fraction of sp³-hybridized carbons (Fsp3) is 0.188. The lowest BCUT2D eigenvalue weighted by Gasteiger charge is -2.29. The van der Waals surface area contributed by atoms with Gasteiger partial charge in [-0.1, -0.05) is 18.2 Å². The zero-order chi connectivity index (χ0) is 13.0. The Labute approximate surface area is 108 Å². The zero-order valence-corrected chi connectivity index (χ0v) is 10.7. The summed E-state index contributed by atoms with van der Waals surface area (Å²) in [5.41, 5.74) is 2.96. The quantitative estimate of drug-likeness (QED) is 0.802. The first kappa shape index (κ1) is 12.2. The van der Waals surface area contributed by atoms with Gasteiger partial charge in [-0.05, 0) is 50.2 Å². The summed E-state index contributed by atoms with van der Waals surface area (Å²) in [7, 11) is 0. The van der Waals surface area contributed by atoms with Crippen molar-refractivity contribution < 1.29 is 0 Å². The second kappa shape index (κ2) is 5.37. The number of hydrogen-bond acceptors (Lipinski definition) is 2. The van der Waals surface area contributed by atoms with Gasteiger partial charge in [0.2, 0.25) is 0 Å². The molecule has 0 aliphatic carbocycles. The molecule has 0 unspecified atom stereocenters. The summed E-state index contributed by atoms with van der Waals surface area (Å²) in [5, 5.41) is 8.83. The molecule has 0 atom stereocenters. The van der Waals surface area contributed by atoms with E-state index in [-0.39, 0.29) is 0 Å². The van der Waals surface area contributed by atoms with Gasteiger partial charge in [-0.2, -0.15) is 5.26 Å². The first-order chi connectivity index (χ1) is 8.72. The van der Waals surface area contributed by atoms with Crippen LogP contribution in [-0.2, 0) is 0 Å². The van der Waals surface area contributed by atoms with Crippen LogP contribution in [0.1, 0.15) is 19.4 Å². The van der Waals surface area contributed by atoms with Gasteiger partial charge in [-0.3, -0.25) is 0 Å². The van der Waals surface area contributed by atoms with Crippen molar-refractivity contribution in [1.29, 1.82) is 5.26 Å². The molecule has 0 heterocycles. The van der Waals surface area contributed by atoms with Crippen LogP contribution in [0.4, 0.5) is 11.4 Å². The lowest BCUT2D eigenvalue weighted by Crippen LogP contribution is -2.25. The molecule has 0 aliphatic heterocycles. The largest absolute Gasteiger partial charge is 0.339 e. The molecular formula is C16H16N2. The van der Waals surface area contributed by atoms with Crippen molar-refractivity contribution in [3.8, 4) is 6.07 Å². The highest BCUT2D eigenvalue weighted by Crippen LogP contribution is 2.27. The van der Waals surface area contributed by atoms with E-state index in [2.05, 4.69) is 36.9 Å². The molecule has 0 spiro atoms. The third kappa shape index (κ3) is 2.52. The van der Waals surface area contributed by atoms with Gasteiger partial charge in [0.05, 0.1) is 11.6 Å². The summed E-state index contributed by atoms with van der Waals surface area (Å²) in [6.45, 7) is 4.32. The topological polar surface area (TPSA) is 27.0 Å². The molecule has 0 bridgehead atoms. The Hall–Kier alpha value is -2.27. The Bertz CT molecular complexity index is 536. The molecular weight excluding hydrogens is 220 g/mol. The summed E-state index contributed by atoms with van der Waals surface area (Å²) in [6.07, 6.45) is 0. The molecule has 2 rings (SSSR count). The van der Waals surface area contributed by atoms with Crippen LogP contribution in [0.3, 0.4) is 0 Å². The SMILES string of the molecule is CC(C)N(c1ccccc1)c1ccc(C#N)cc1. The first-order valence-electron chi connectivity index (χ1n) is 6.07. The van der Waals surface area contributed by atoms with Gasteiger partial charge < -0.3 is 4.90 Å². The molecule has 0 saturated heterocycles. The summed E-state index contributed by atoms with van der Waals surface area (Å²) < 4.78 is 0. The summed E-state index contributed by atoms with van der Waals surface area (Å²) in [6, 6.07) is 20.5. The molecule has 0 aromatic heterocycles. The van der Waals surface area contributed by atoms with E-state index in [1.54, 1.807) is 0 Å². The average molecular weight is 236 g/mol. The van der Waals surface area contributed by atoms with Gasteiger partial charge in [0.25, 0.3) is 0 Å². The molecule has 0 N–H and O–H groups in total. The maximum atomic E-state index is 8.83. The van der Waals surface area contributed by atoms with E-state index in [9.17, 15) is 0 Å². The number of hydrogen-bond donors (Lipinski definition) is 0. The lowest BCUT2D eigenvalue weighted by molar-refractivity contribution is 0.789. The normalized spacial score (nSPS) is 10.1. The highest BCUT2D eigenvalue weighted by Gasteiger charge is 2.12. The maximum Gasteiger partial charge on any atom is 0.0991 e. The van der Waals surface area contributed by atoms with Crippen molar-refractivity contribution in [2.45, 2.75) is 19.9 Å². The summed E-state index contributed by atoms with van der Waals surface area (Å²) >= 11 is 0. The third-order valence-corrected chi connectivity index (χ3v) is 2.83. The number of rotatable bonds is 3. The van der Waals surface area contributed by atoms with Crippen LogP contribution in [0.5, 0.6) is 0 Å². The fourth-order valence-electron chi connectivity index (χ4n) is 2.03. The summed E-state index contributed by atoms with van der Waals surface area (Å²) in [5.74, 6) is 0. The second-order valence-electron chi connectivity index (χ2n) is 4.46. The minimum Gasteiger partial charge on any atom is -0.339 e. The van der Waals surface area contributed by atoms with E-state index >= 15 is 0 Å². The van der Waals surface area contributed by atoms with Crippen LogP contribution in [0, 0.1) is 11.3 Å². The second-order valence-corrected chi connectivity index (χ2v) is 4.46. The van der Waals surface area contributed by atoms with Crippen molar-refractivity contribution in [1.82, 2.24) is 0 Å². The van der Waals surface area contributed by atoms with E-state index in [0.29, 0.717) is 11.6 Å². The highest BCUT2D eigenvalue weighted by molar-refractivity contribution is 5.64. The van der Waals surface area contributed by atoms with E-state index < -0.39 is 0 Å². The summed E-state index contributed by atoms with van der Waals surface area (Å²) in [4.78, 5) is 2.25. The van der Waals surface area contributed by atoms with Crippen LogP contribution in [0.15, 0.2) is 54.6 Å². The molecule has 2 heteroatoms. The maximum absolute atomic E-state index is 8.83. The monoisotopic (exact) mass is 236 g/mol. The van der Waals surface area contributed by atoms with E-state index in [0.717, 1.165) is 11.4 Å². The minimum atomic E-state index is 0.361. The fourth-order valence-corrected chi connectivity index (χ4v) is 2.03. The van der Waals surface area contributed by atoms with E-state index in [1.165, 1.54) is 0 Å². The Morgan fingerprint density at radius 2 is 1.44 bits per heavy atom. The van der Waals surface area contributed by atoms with Gasteiger partial charge >= 0.3 is 0 Å². The standard InChI is InChI=1S/C16H16N2/c1-13(2)18(15-6-4-3-5-7-15)16-10-8-14(12-17)9-11-16/h3-11,13H,1-2H3. The van der Waals surface area contributed by atoms with Crippen molar-refractivity contribution >= 4 is 11.4 Å². The molecule has 2 aromatic carbocycles. The van der Waals surface area contributed by atoms with Crippen molar-refractivity contribution in [2.75, 3.05) is 4.90 Å². The predicted octanol–water partition coefficient (Wildman–Crippen LogP) is 4.10. The van der Waals surface area contributed by atoms with Crippen LogP contribution >= 0.6 is 0 Å². The van der Waals surface area contributed by atoms with E-state index in [1.807, 2.05) is 42.5 Å². The van der Waals surface area contributed by atoms with Gasteiger partial charge in [-0.25, -0.2) is 0 Å². The van der Waals surface area contributed by atoms with Gasteiger partial charge in [0.15, 0.2) is 0 Å². The average Bonchev–Trinajstić information content (AvgIpc) is 2.40. The highest BCUT2D eigenvalue weighted by atomic mass is 15.2. The molecule has 2 nitrogen and oxygen atoms in total. The Kier molecular flexibility index (Phi) is 3.64. The lowest BCUT2D eigenvalue weighted by atomic mass is 10.1. The smallest absolute Gasteiger partial charge is 0.0991 e.